The average Bonchev–Trinajstić information content (AvgIpc) is 3.20. The van der Waals surface area contributed by atoms with E-state index in [2.05, 4.69) is 20.9 Å². The lowest BCUT2D eigenvalue weighted by molar-refractivity contribution is -0.138. The molecular weight excluding hydrogens is 462 g/mol. The Hall–Kier alpha value is -2.03. The Balaban J connectivity index is 1.97. The van der Waals surface area contributed by atoms with Crippen molar-refractivity contribution in [3.8, 4) is 5.75 Å². The summed E-state index contributed by atoms with van der Waals surface area (Å²) in [6.07, 6.45) is 1.83. The smallest absolute Gasteiger partial charge is 0.344 e. The summed E-state index contributed by atoms with van der Waals surface area (Å²) in [5.41, 5.74) is 0.739. The summed E-state index contributed by atoms with van der Waals surface area (Å²) in [7, 11) is 0. The fourth-order valence-corrected chi connectivity index (χ4v) is 4.90. The lowest BCUT2D eigenvalue weighted by atomic mass is 10.2. The molecule has 0 atom stereocenters. The Morgan fingerprint density at radius 1 is 1.18 bits per heavy atom. The molecule has 0 spiro atoms. The SMILES string of the molecule is CCOC(=O)C1=C(O)/C(=C\c2ccc(Br)s2)SC1=Nc1ccc(OCC)cc1. The Morgan fingerprint density at radius 3 is 2.54 bits per heavy atom. The third-order valence-corrected chi connectivity index (χ3v) is 6.21. The van der Waals surface area contributed by atoms with Gasteiger partial charge in [-0.05, 0) is 72.3 Å². The van der Waals surface area contributed by atoms with E-state index in [4.69, 9.17) is 9.47 Å². The second-order valence-electron chi connectivity index (χ2n) is 5.54. The molecule has 0 bridgehead atoms. The van der Waals surface area contributed by atoms with Gasteiger partial charge in [0.15, 0.2) is 0 Å². The molecule has 0 saturated heterocycles. The molecule has 0 saturated carbocycles. The summed E-state index contributed by atoms with van der Waals surface area (Å²) in [6, 6.07) is 11.1. The van der Waals surface area contributed by atoms with Crippen molar-refractivity contribution >= 4 is 61.8 Å². The highest BCUT2D eigenvalue weighted by atomic mass is 79.9. The third-order valence-electron chi connectivity index (χ3n) is 3.62. The molecule has 0 unspecified atom stereocenters. The second kappa shape index (κ2) is 9.45. The molecule has 2 heterocycles. The van der Waals surface area contributed by atoms with Gasteiger partial charge in [-0.15, -0.1) is 11.3 Å². The number of hydrogen-bond donors (Lipinski definition) is 1. The number of ether oxygens (including phenoxy) is 2. The van der Waals surface area contributed by atoms with Gasteiger partial charge in [-0.1, -0.05) is 11.8 Å². The van der Waals surface area contributed by atoms with Crippen LogP contribution in [0.3, 0.4) is 0 Å². The number of aliphatic hydroxyl groups excluding tert-OH is 1. The first-order valence-electron chi connectivity index (χ1n) is 8.59. The van der Waals surface area contributed by atoms with Crippen LogP contribution in [0.2, 0.25) is 0 Å². The number of rotatable bonds is 6. The zero-order chi connectivity index (χ0) is 20.1. The van der Waals surface area contributed by atoms with Crippen LogP contribution in [0.25, 0.3) is 6.08 Å². The van der Waals surface area contributed by atoms with E-state index < -0.39 is 5.97 Å². The molecule has 1 aromatic heterocycles. The highest BCUT2D eigenvalue weighted by molar-refractivity contribution is 9.11. The number of benzene rings is 1. The number of esters is 1. The molecule has 3 rings (SSSR count). The van der Waals surface area contributed by atoms with E-state index in [1.165, 1.54) is 23.1 Å². The molecule has 1 aliphatic heterocycles. The highest BCUT2D eigenvalue weighted by Crippen LogP contribution is 2.41. The van der Waals surface area contributed by atoms with Gasteiger partial charge in [0, 0.05) is 4.88 Å². The number of aliphatic hydroxyl groups is 1. The Morgan fingerprint density at radius 2 is 1.93 bits per heavy atom. The molecule has 5 nitrogen and oxygen atoms in total. The van der Waals surface area contributed by atoms with Crippen LogP contribution in [0, 0.1) is 0 Å². The van der Waals surface area contributed by atoms with E-state index in [0.717, 1.165) is 14.4 Å². The summed E-state index contributed by atoms with van der Waals surface area (Å²) < 4.78 is 11.5. The molecule has 1 aromatic carbocycles. The zero-order valence-electron chi connectivity index (χ0n) is 15.3. The van der Waals surface area contributed by atoms with Crippen molar-refractivity contribution in [2.75, 3.05) is 13.2 Å². The minimum atomic E-state index is -0.590. The largest absolute Gasteiger partial charge is 0.506 e. The molecule has 0 fully saturated rings. The number of thiophene rings is 1. The monoisotopic (exact) mass is 479 g/mol. The van der Waals surface area contributed by atoms with Crippen molar-refractivity contribution in [1.29, 1.82) is 0 Å². The van der Waals surface area contributed by atoms with Gasteiger partial charge in [0.2, 0.25) is 0 Å². The van der Waals surface area contributed by atoms with Crippen LogP contribution in [0.15, 0.2) is 61.4 Å². The number of carbonyl (C=O) groups is 1. The Kier molecular flexibility index (Phi) is 6.98. The van der Waals surface area contributed by atoms with Crippen molar-refractivity contribution in [3.63, 3.8) is 0 Å². The maximum absolute atomic E-state index is 12.4. The van der Waals surface area contributed by atoms with Crippen LogP contribution in [-0.2, 0) is 9.53 Å². The normalized spacial score (nSPS) is 16.8. The van der Waals surface area contributed by atoms with Crippen molar-refractivity contribution in [3.05, 3.63) is 61.3 Å². The minimum Gasteiger partial charge on any atom is -0.506 e. The molecule has 0 radical (unpaired) electrons. The number of aliphatic imine (C=N–C) groups is 1. The van der Waals surface area contributed by atoms with E-state index >= 15 is 0 Å². The number of halogens is 1. The summed E-state index contributed by atoms with van der Waals surface area (Å²) in [6.45, 7) is 4.44. The zero-order valence-corrected chi connectivity index (χ0v) is 18.5. The van der Waals surface area contributed by atoms with Gasteiger partial charge < -0.3 is 14.6 Å². The van der Waals surface area contributed by atoms with Gasteiger partial charge in [0.1, 0.15) is 22.1 Å². The van der Waals surface area contributed by atoms with E-state index in [0.29, 0.717) is 22.2 Å². The van der Waals surface area contributed by atoms with Gasteiger partial charge in [0.05, 0.1) is 27.6 Å². The number of hydrogen-bond acceptors (Lipinski definition) is 7. The molecule has 1 aliphatic rings. The van der Waals surface area contributed by atoms with E-state index in [1.54, 1.807) is 19.1 Å². The molecule has 0 aliphatic carbocycles. The molecule has 8 heteroatoms. The molecule has 2 aromatic rings. The lowest BCUT2D eigenvalue weighted by Crippen LogP contribution is -2.12. The first-order valence-corrected chi connectivity index (χ1v) is 11.0. The van der Waals surface area contributed by atoms with E-state index in [1.807, 2.05) is 37.3 Å². The van der Waals surface area contributed by atoms with E-state index in [-0.39, 0.29) is 17.9 Å². The number of thioether (sulfide) groups is 1. The van der Waals surface area contributed by atoms with Gasteiger partial charge >= 0.3 is 5.97 Å². The molecule has 146 valence electrons. The standard InChI is InChI=1S/C20H18BrNO4S2/c1-3-25-13-7-5-12(6-8-13)22-19-17(20(24)26-4-2)18(23)15(28-19)11-14-9-10-16(21)27-14/h5-11,23H,3-4H2,1-2H3/b15-11+,22-19?. The van der Waals surface area contributed by atoms with Crippen LogP contribution in [0.5, 0.6) is 5.75 Å². The average molecular weight is 480 g/mol. The summed E-state index contributed by atoms with van der Waals surface area (Å²) in [5.74, 6) is 0.0454. The maximum atomic E-state index is 12.4. The van der Waals surface area contributed by atoms with Crippen LogP contribution >= 0.6 is 39.0 Å². The van der Waals surface area contributed by atoms with Gasteiger partial charge in [-0.25, -0.2) is 9.79 Å². The first kappa shape index (κ1) is 20.7. The Bertz CT molecular complexity index is 961. The van der Waals surface area contributed by atoms with Gasteiger partial charge in [-0.3, -0.25) is 0 Å². The predicted octanol–water partition coefficient (Wildman–Crippen LogP) is 6.10. The number of nitrogens with zero attached hydrogens (tertiary/aromatic N) is 1. The van der Waals surface area contributed by atoms with Gasteiger partial charge in [0.25, 0.3) is 0 Å². The topological polar surface area (TPSA) is 68.1 Å². The summed E-state index contributed by atoms with van der Waals surface area (Å²) >= 11 is 6.20. The van der Waals surface area contributed by atoms with Crippen LogP contribution in [0.1, 0.15) is 18.7 Å². The fourth-order valence-electron chi connectivity index (χ4n) is 2.43. The van der Waals surface area contributed by atoms with Crippen molar-refractivity contribution in [2.24, 2.45) is 4.99 Å². The third kappa shape index (κ3) is 4.87. The predicted molar refractivity (Wildman–Crippen MR) is 119 cm³/mol. The van der Waals surface area contributed by atoms with Crippen molar-refractivity contribution < 1.29 is 19.4 Å². The van der Waals surface area contributed by atoms with Gasteiger partial charge in [-0.2, -0.15) is 0 Å². The van der Waals surface area contributed by atoms with Crippen molar-refractivity contribution in [2.45, 2.75) is 13.8 Å². The molecule has 0 amide bonds. The lowest BCUT2D eigenvalue weighted by Gasteiger charge is -2.05. The van der Waals surface area contributed by atoms with Crippen LogP contribution in [-0.4, -0.2) is 29.3 Å². The molecule has 1 N–H and O–H groups in total. The molecule has 28 heavy (non-hydrogen) atoms. The highest BCUT2D eigenvalue weighted by Gasteiger charge is 2.33. The quantitative estimate of drug-likeness (QED) is 0.506. The van der Waals surface area contributed by atoms with Crippen LogP contribution < -0.4 is 4.74 Å². The van der Waals surface area contributed by atoms with Crippen molar-refractivity contribution in [1.82, 2.24) is 0 Å². The summed E-state index contributed by atoms with van der Waals surface area (Å²) in [4.78, 5) is 18.5. The molecular formula is C20H18BrNO4S2. The fraction of sp³-hybridized carbons (Fsp3) is 0.200. The summed E-state index contributed by atoms with van der Waals surface area (Å²) in [5, 5.41) is 11.1. The van der Waals surface area contributed by atoms with Crippen LogP contribution in [0.4, 0.5) is 5.69 Å². The Labute approximate surface area is 179 Å². The second-order valence-corrected chi connectivity index (χ2v) is 9.07. The number of carbonyl (C=O) groups excluding carboxylic acids is 1. The minimum absolute atomic E-state index is 0.0857. The maximum Gasteiger partial charge on any atom is 0.344 e. The van der Waals surface area contributed by atoms with E-state index in [9.17, 15) is 9.90 Å². The first-order chi connectivity index (χ1) is 13.5.